The molecule has 1 aromatic carbocycles. The molecule has 0 amide bonds. The maximum absolute atomic E-state index is 5.79. The van der Waals surface area contributed by atoms with Crippen LogP contribution in [0, 0.1) is 0 Å². The molecular formula is C11H15NO2. The van der Waals surface area contributed by atoms with E-state index >= 15 is 0 Å². The number of ether oxygens (including phenoxy) is 2. The van der Waals surface area contributed by atoms with Crippen LogP contribution in [-0.2, 0) is 6.42 Å². The first-order valence-corrected chi connectivity index (χ1v) is 4.67. The Bertz CT molecular complexity index is 372. The zero-order valence-electron chi connectivity index (χ0n) is 8.76. The molecule has 2 rings (SSSR count). The first-order chi connectivity index (χ1) is 6.52. The van der Waals surface area contributed by atoms with Gasteiger partial charge in [-0.1, -0.05) is 0 Å². The van der Waals surface area contributed by atoms with Crippen LogP contribution in [0.5, 0.6) is 11.5 Å². The van der Waals surface area contributed by atoms with E-state index in [0.29, 0.717) is 0 Å². The number of hydrogen-bond acceptors (Lipinski definition) is 3. The van der Waals surface area contributed by atoms with Crippen molar-refractivity contribution in [2.24, 2.45) is 0 Å². The largest absolute Gasteiger partial charge is 0.493 e. The van der Waals surface area contributed by atoms with Crippen LogP contribution in [0.25, 0.3) is 0 Å². The fraction of sp³-hybridized carbons (Fsp3) is 0.455. The molecule has 0 fully saturated rings. The summed E-state index contributed by atoms with van der Waals surface area (Å²) in [5, 5.41) is 0. The minimum atomic E-state index is -0.149. The molecule has 0 bridgehead atoms. The Balaban J connectivity index is 2.50. The lowest BCUT2D eigenvalue weighted by molar-refractivity contribution is 0.134. The average molecular weight is 193 g/mol. The highest BCUT2D eigenvalue weighted by molar-refractivity contribution is 5.59. The van der Waals surface area contributed by atoms with E-state index in [4.69, 9.17) is 15.2 Å². The molecule has 0 aromatic heterocycles. The molecule has 0 aliphatic carbocycles. The predicted molar refractivity (Wildman–Crippen MR) is 55.8 cm³/mol. The Morgan fingerprint density at radius 3 is 2.79 bits per heavy atom. The number of nitrogens with two attached hydrogens (primary N) is 1. The van der Waals surface area contributed by atoms with Crippen molar-refractivity contribution in [3.05, 3.63) is 17.7 Å². The quantitative estimate of drug-likeness (QED) is 0.694. The SMILES string of the molecule is COc1cc(N)cc2c1OC(C)(C)C2. The highest BCUT2D eigenvalue weighted by atomic mass is 16.5. The summed E-state index contributed by atoms with van der Waals surface area (Å²) in [6, 6.07) is 3.74. The van der Waals surface area contributed by atoms with E-state index in [1.807, 2.05) is 6.07 Å². The second kappa shape index (κ2) is 2.80. The molecule has 0 spiro atoms. The molecule has 0 radical (unpaired) electrons. The maximum Gasteiger partial charge on any atom is 0.165 e. The minimum absolute atomic E-state index is 0.149. The fourth-order valence-corrected chi connectivity index (χ4v) is 1.85. The predicted octanol–water partition coefficient (Wildman–Crippen LogP) is 1.99. The summed E-state index contributed by atoms with van der Waals surface area (Å²) < 4.78 is 11.0. The summed E-state index contributed by atoms with van der Waals surface area (Å²) in [6.45, 7) is 4.12. The van der Waals surface area contributed by atoms with Gasteiger partial charge in [0.2, 0.25) is 0 Å². The summed E-state index contributed by atoms with van der Waals surface area (Å²) in [5.74, 6) is 1.57. The molecule has 0 saturated carbocycles. The van der Waals surface area contributed by atoms with E-state index in [0.717, 1.165) is 29.2 Å². The van der Waals surface area contributed by atoms with Crippen molar-refractivity contribution in [3.8, 4) is 11.5 Å². The Labute approximate surface area is 83.8 Å². The highest BCUT2D eigenvalue weighted by Crippen LogP contribution is 2.43. The second-order valence-electron chi connectivity index (χ2n) is 4.25. The Kier molecular flexibility index (Phi) is 1.84. The van der Waals surface area contributed by atoms with Crippen LogP contribution >= 0.6 is 0 Å². The van der Waals surface area contributed by atoms with Crippen LogP contribution in [0.15, 0.2) is 12.1 Å². The van der Waals surface area contributed by atoms with Gasteiger partial charge in [-0.2, -0.15) is 0 Å². The van der Waals surface area contributed by atoms with Gasteiger partial charge >= 0.3 is 0 Å². The molecule has 0 saturated heterocycles. The zero-order chi connectivity index (χ0) is 10.3. The van der Waals surface area contributed by atoms with Crippen LogP contribution in [-0.4, -0.2) is 12.7 Å². The molecule has 0 atom stereocenters. The molecule has 1 aromatic rings. The third kappa shape index (κ3) is 1.39. The topological polar surface area (TPSA) is 44.5 Å². The van der Waals surface area contributed by atoms with E-state index in [1.54, 1.807) is 13.2 Å². The van der Waals surface area contributed by atoms with Crippen LogP contribution in [0.1, 0.15) is 19.4 Å². The maximum atomic E-state index is 5.79. The van der Waals surface area contributed by atoms with Crippen LogP contribution in [0.3, 0.4) is 0 Å². The van der Waals surface area contributed by atoms with E-state index in [1.165, 1.54) is 0 Å². The van der Waals surface area contributed by atoms with Crippen LogP contribution in [0.4, 0.5) is 5.69 Å². The van der Waals surface area contributed by atoms with Crippen molar-refractivity contribution >= 4 is 5.69 Å². The number of nitrogen functional groups attached to an aromatic ring is 1. The number of rotatable bonds is 1. The Morgan fingerprint density at radius 1 is 1.43 bits per heavy atom. The van der Waals surface area contributed by atoms with Crippen LogP contribution in [0.2, 0.25) is 0 Å². The van der Waals surface area contributed by atoms with Crippen molar-refractivity contribution in [3.63, 3.8) is 0 Å². The third-order valence-electron chi connectivity index (χ3n) is 2.37. The second-order valence-corrected chi connectivity index (χ2v) is 4.25. The number of hydrogen-bond donors (Lipinski definition) is 1. The van der Waals surface area contributed by atoms with Gasteiger partial charge in [-0.3, -0.25) is 0 Å². The average Bonchev–Trinajstić information content (AvgIpc) is 2.37. The van der Waals surface area contributed by atoms with E-state index in [9.17, 15) is 0 Å². The molecular weight excluding hydrogens is 178 g/mol. The van der Waals surface area contributed by atoms with E-state index in [2.05, 4.69) is 13.8 Å². The van der Waals surface area contributed by atoms with Crippen molar-refractivity contribution in [1.82, 2.24) is 0 Å². The van der Waals surface area contributed by atoms with Gasteiger partial charge in [0.15, 0.2) is 11.5 Å². The Hall–Kier alpha value is -1.38. The lowest BCUT2D eigenvalue weighted by atomic mass is 10.0. The van der Waals surface area contributed by atoms with Gasteiger partial charge in [-0.25, -0.2) is 0 Å². The molecule has 1 aliphatic rings. The van der Waals surface area contributed by atoms with Crippen molar-refractivity contribution < 1.29 is 9.47 Å². The number of anilines is 1. The molecule has 76 valence electrons. The lowest BCUT2D eigenvalue weighted by Crippen LogP contribution is -2.24. The summed E-state index contributed by atoms with van der Waals surface area (Å²) in [6.07, 6.45) is 0.879. The van der Waals surface area contributed by atoms with E-state index in [-0.39, 0.29) is 5.60 Å². The first kappa shape index (κ1) is 9.19. The molecule has 14 heavy (non-hydrogen) atoms. The van der Waals surface area contributed by atoms with Crippen LogP contribution < -0.4 is 15.2 Å². The van der Waals surface area contributed by atoms with Gasteiger partial charge in [-0.15, -0.1) is 0 Å². The summed E-state index contributed by atoms with van der Waals surface area (Å²) in [4.78, 5) is 0. The van der Waals surface area contributed by atoms with Gasteiger partial charge in [-0.05, 0) is 19.9 Å². The van der Waals surface area contributed by atoms with E-state index < -0.39 is 0 Å². The summed E-state index contributed by atoms with van der Waals surface area (Å²) >= 11 is 0. The van der Waals surface area contributed by atoms with Crippen molar-refractivity contribution in [1.29, 1.82) is 0 Å². The van der Waals surface area contributed by atoms with Crippen molar-refractivity contribution in [2.75, 3.05) is 12.8 Å². The molecule has 2 N–H and O–H groups in total. The monoisotopic (exact) mass is 193 g/mol. The van der Waals surface area contributed by atoms with Gasteiger partial charge in [0.1, 0.15) is 5.60 Å². The smallest absolute Gasteiger partial charge is 0.165 e. The normalized spacial score (nSPS) is 17.4. The third-order valence-corrected chi connectivity index (χ3v) is 2.37. The van der Waals surface area contributed by atoms with Gasteiger partial charge < -0.3 is 15.2 Å². The molecule has 1 heterocycles. The van der Waals surface area contributed by atoms with Crippen molar-refractivity contribution in [2.45, 2.75) is 25.9 Å². The van der Waals surface area contributed by atoms with Gasteiger partial charge in [0.25, 0.3) is 0 Å². The standard InChI is InChI=1S/C11H15NO2/c1-11(2)6-7-4-8(12)5-9(13-3)10(7)14-11/h4-5H,6,12H2,1-3H3. The molecule has 1 aliphatic heterocycles. The number of methoxy groups -OCH3 is 1. The van der Waals surface area contributed by atoms with Gasteiger partial charge in [0.05, 0.1) is 7.11 Å². The minimum Gasteiger partial charge on any atom is -0.493 e. The summed E-state index contributed by atoms with van der Waals surface area (Å²) in [5.41, 5.74) is 7.47. The number of fused-ring (bicyclic) bond motifs is 1. The summed E-state index contributed by atoms with van der Waals surface area (Å²) in [7, 11) is 1.63. The fourth-order valence-electron chi connectivity index (χ4n) is 1.85. The number of benzene rings is 1. The first-order valence-electron chi connectivity index (χ1n) is 4.67. The Morgan fingerprint density at radius 2 is 2.14 bits per heavy atom. The molecule has 3 nitrogen and oxygen atoms in total. The lowest BCUT2D eigenvalue weighted by Gasteiger charge is -2.17. The molecule has 0 unspecified atom stereocenters. The highest BCUT2D eigenvalue weighted by Gasteiger charge is 2.32. The zero-order valence-corrected chi connectivity index (χ0v) is 8.76. The van der Waals surface area contributed by atoms with Gasteiger partial charge in [0, 0.05) is 23.7 Å². The molecule has 3 heteroatoms.